The van der Waals surface area contributed by atoms with Crippen molar-refractivity contribution in [2.45, 2.75) is 19.9 Å². The second kappa shape index (κ2) is 6.00. The molecule has 1 heterocycles. The third-order valence-corrected chi connectivity index (χ3v) is 2.81. The largest absolute Gasteiger partial charge is 0.503 e. The van der Waals surface area contributed by atoms with Crippen LogP contribution in [0, 0.1) is 0 Å². The van der Waals surface area contributed by atoms with Gasteiger partial charge in [0.25, 0.3) is 5.91 Å². The lowest BCUT2D eigenvalue weighted by Crippen LogP contribution is -2.39. The first kappa shape index (κ1) is 13.1. The first-order chi connectivity index (χ1) is 9.17. The molecule has 0 saturated carbocycles. The predicted molar refractivity (Wildman–Crippen MR) is 72.8 cm³/mol. The molecule has 0 saturated heterocycles. The van der Waals surface area contributed by atoms with Crippen molar-refractivity contribution in [3.8, 4) is 5.75 Å². The van der Waals surface area contributed by atoms with E-state index in [-0.39, 0.29) is 18.2 Å². The molecule has 0 aliphatic rings. The average Bonchev–Trinajstić information content (AvgIpc) is 2.39. The van der Waals surface area contributed by atoms with Gasteiger partial charge >= 0.3 is 0 Å². The SMILES string of the molecule is CCc1ccc(NC(=O)C[n+]2cccc(O)c2)cc1. The Bertz CT molecular complexity index is 565. The molecule has 0 aliphatic carbocycles. The highest BCUT2D eigenvalue weighted by Crippen LogP contribution is 2.09. The molecule has 2 rings (SSSR count). The zero-order chi connectivity index (χ0) is 13.7. The van der Waals surface area contributed by atoms with E-state index < -0.39 is 0 Å². The lowest BCUT2D eigenvalue weighted by molar-refractivity contribution is -0.684. The van der Waals surface area contributed by atoms with E-state index in [2.05, 4.69) is 12.2 Å². The van der Waals surface area contributed by atoms with E-state index in [1.165, 1.54) is 11.8 Å². The van der Waals surface area contributed by atoms with Crippen molar-refractivity contribution in [1.82, 2.24) is 0 Å². The third-order valence-electron chi connectivity index (χ3n) is 2.81. The van der Waals surface area contributed by atoms with E-state index in [0.29, 0.717) is 0 Å². The number of nitrogens with zero attached hydrogens (tertiary/aromatic N) is 1. The highest BCUT2D eigenvalue weighted by molar-refractivity contribution is 5.89. The van der Waals surface area contributed by atoms with Crippen molar-refractivity contribution >= 4 is 11.6 Å². The van der Waals surface area contributed by atoms with Gasteiger partial charge in [-0.2, -0.15) is 4.57 Å². The summed E-state index contributed by atoms with van der Waals surface area (Å²) in [6.07, 6.45) is 4.23. The minimum atomic E-state index is -0.125. The van der Waals surface area contributed by atoms with Gasteiger partial charge in [0, 0.05) is 11.8 Å². The monoisotopic (exact) mass is 257 g/mol. The summed E-state index contributed by atoms with van der Waals surface area (Å²) in [7, 11) is 0. The van der Waals surface area contributed by atoms with Crippen LogP contribution in [-0.2, 0) is 17.8 Å². The van der Waals surface area contributed by atoms with Crippen LogP contribution in [0.15, 0.2) is 48.8 Å². The number of benzene rings is 1. The van der Waals surface area contributed by atoms with Crippen molar-refractivity contribution in [1.29, 1.82) is 0 Å². The highest BCUT2D eigenvalue weighted by atomic mass is 16.3. The van der Waals surface area contributed by atoms with Gasteiger partial charge in [0.2, 0.25) is 12.7 Å². The standard InChI is InChI=1S/C15H16N2O2/c1-2-12-5-7-13(8-6-12)16-15(19)11-17-9-3-4-14(18)10-17/h3-10H,2,11H2,1H3,(H-,16,18,19)/p+1. The Labute approximate surface area is 112 Å². The first-order valence-electron chi connectivity index (χ1n) is 6.24. The molecule has 1 amide bonds. The highest BCUT2D eigenvalue weighted by Gasteiger charge is 2.09. The summed E-state index contributed by atoms with van der Waals surface area (Å²) in [6.45, 7) is 2.26. The number of rotatable bonds is 4. The van der Waals surface area contributed by atoms with Gasteiger partial charge in [0.05, 0.1) is 0 Å². The lowest BCUT2D eigenvalue weighted by Gasteiger charge is -2.04. The van der Waals surface area contributed by atoms with Crippen LogP contribution < -0.4 is 9.88 Å². The normalized spacial score (nSPS) is 10.2. The van der Waals surface area contributed by atoms with Crippen LogP contribution in [0.25, 0.3) is 0 Å². The summed E-state index contributed by atoms with van der Waals surface area (Å²) in [5.74, 6) is 0.0162. The minimum absolute atomic E-state index is 0.125. The van der Waals surface area contributed by atoms with E-state index >= 15 is 0 Å². The molecule has 1 aromatic heterocycles. The smallest absolute Gasteiger partial charge is 0.290 e. The maximum absolute atomic E-state index is 11.8. The van der Waals surface area contributed by atoms with Crippen LogP contribution in [0.3, 0.4) is 0 Å². The van der Waals surface area contributed by atoms with E-state index in [1.807, 2.05) is 24.3 Å². The Balaban J connectivity index is 1.97. The number of hydrogen-bond donors (Lipinski definition) is 2. The molecule has 19 heavy (non-hydrogen) atoms. The molecule has 0 bridgehead atoms. The molecule has 0 fully saturated rings. The number of aromatic hydroxyl groups is 1. The van der Waals surface area contributed by atoms with E-state index in [0.717, 1.165) is 12.1 Å². The Hall–Kier alpha value is -2.36. The Morgan fingerprint density at radius 3 is 2.63 bits per heavy atom. The summed E-state index contributed by atoms with van der Waals surface area (Å²) in [5.41, 5.74) is 2.02. The van der Waals surface area contributed by atoms with Gasteiger partial charge in [-0.05, 0) is 30.2 Å². The lowest BCUT2D eigenvalue weighted by atomic mass is 10.1. The fourth-order valence-electron chi connectivity index (χ4n) is 1.80. The number of pyridine rings is 1. The van der Waals surface area contributed by atoms with Crippen LogP contribution in [0.2, 0.25) is 0 Å². The Kier molecular flexibility index (Phi) is 4.13. The summed E-state index contributed by atoms with van der Waals surface area (Å²) in [6, 6.07) is 11.0. The quantitative estimate of drug-likeness (QED) is 0.822. The number of aromatic nitrogens is 1. The Morgan fingerprint density at radius 1 is 1.26 bits per heavy atom. The number of amides is 1. The number of hydrogen-bond acceptors (Lipinski definition) is 2. The predicted octanol–water partition coefficient (Wildman–Crippen LogP) is 1.88. The molecular formula is C15H17N2O2+. The number of carbonyl (C=O) groups excluding carboxylic acids is 1. The third kappa shape index (κ3) is 3.81. The van der Waals surface area contributed by atoms with Crippen LogP contribution in [0.4, 0.5) is 5.69 Å². The zero-order valence-corrected chi connectivity index (χ0v) is 10.8. The van der Waals surface area contributed by atoms with Crippen molar-refractivity contribution in [3.05, 3.63) is 54.4 Å². The number of nitrogens with one attached hydrogen (secondary N) is 1. The van der Waals surface area contributed by atoms with Crippen molar-refractivity contribution in [2.24, 2.45) is 0 Å². The summed E-state index contributed by atoms with van der Waals surface area (Å²) >= 11 is 0. The molecule has 4 nitrogen and oxygen atoms in total. The Morgan fingerprint density at radius 2 is 2.00 bits per heavy atom. The minimum Gasteiger partial charge on any atom is -0.503 e. The molecule has 0 radical (unpaired) electrons. The molecule has 0 unspecified atom stereocenters. The summed E-state index contributed by atoms with van der Waals surface area (Å²) in [5, 5.41) is 12.1. The topological polar surface area (TPSA) is 53.2 Å². The molecule has 0 atom stereocenters. The molecule has 98 valence electrons. The van der Waals surface area contributed by atoms with Crippen LogP contribution in [0.1, 0.15) is 12.5 Å². The second-order valence-corrected chi connectivity index (χ2v) is 4.33. The fourth-order valence-corrected chi connectivity index (χ4v) is 1.80. The molecule has 4 heteroatoms. The number of aryl methyl sites for hydroxylation is 1. The molecule has 1 aromatic carbocycles. The molecule has 0 aliphatic heterocycles. The van der Waals surface area contributed by atoms with Crippen molar-refractivity contribution in [3.63, 3.8) is 0 Å². The average molecular weight is 257 g/mol. The number of carbonyl (C=O) groups is 1. The van der Waals surface area contributed by atoms with Gasteiger partial charge in [-0.1, -0.05) is 19.1 Å². The van der Waals surface area contributed by atoms with Gasteiger partial charge in [-0.25, -0.2) is 0 Å². The van der Waals surface area contributed by atoms with Gasteiger partial charge in [-0.3, -0.25) is 4.79 Å². The maximum atomic E-state index is 11.8. The van der Waals surface area contributed by atoms with Gasteiger partial charge in [0.15, 0.2) is 11.9 Å². The molecule has 2 aromatic rings. The van der Waals surface area contributed by atoms with E-state index in [1.54, 1.807) is 22.9 Å². The zero-order valence-electron chi connectivity index (χ0n) is 10.8. The van der Waals surface area contributed by atoms with Gasteiger partial charge in [0.1, 0.15) is 0 Å². The maximum Gasteiger partial charge on any atom is 0.290 e. The van der Waals surface area contributed by atoms with Crippen LogP contribution in [0.5, 0.6) is 5.75 Å². The summed E-state index contributed by atoms with van der Waals surface area (Å²) in [4.78, 5) is 11.8. The first-order valence-corrected chi connectivity index (χ1v) is 6.24. The van der Waals surface area contributed by atoms with Crippen LogP contribution in [-0.4, -0.2) is 11.0 Å². The van der Waals surface area contributed by atoms with E-state index in [4.69, 9.17) is 0 Å². The van der Waals surface area contributed by atoms with Gasteiger partial charge < -0.3 is 10.4 Å². The summed E-state index contributed by atoms with van der Waals surface area (Å²) < 4.78 is 1.63. The van der Waals surface area contributed by atoms with Gasteiger partial charge in [-0.15, -0.1) is 0 Å². The number of anilines is 1. The van der Waals surface area contributed by atoms with Crippen molar-refractivity contribution in [2.75, 3.05) is 5.32 Å². The molecule has 2 N–H and O–H groups in total. The van der Waals surface area contributed by atoms with Crippen LogP contribution >= 0.6 is 0 Å². The molecule has 0 spiro atoms. The second-order valence-electron chi connectivity index (χ2n) is 4.33. The molecular weight excluding hydrogens is 240 g/mol. The van der Waals surface area contributed by atoms with Crippen molar-refractivity contribution < 1.29 is 14.5 Å². The fraction of sp³-hybridized carbons (Fsp3) is 0.200. The van der Waals surface area contributed by atoms with E-state index in [9.17, 15) is 9.90 Å².